The molecule has 1 saturated heterocycles. The maximum Gasteiger partial charge on any atom is 0.107 e. The quantitative estimate of drug-likeness (QED) is 0.390. The molecule has 0 aromatic heterocycles. The van der Waals surface area contributed by atoms with Crippen molar-refractivity contribution in [2.45, 2.75) is 96.2 Å². The molecule has 2 nitrogen and oxygen atoms in total. The Balaban J connectivity index is 1.68. The zero-order valence-corrected chi connectivity index (χ0v) is 12.2. The Morgan fingerprint density at radius 1 is 0.889 bits per heavy atom. The fourth-order valence-corrected chi connectivity index (χ4v) is 2.48. The van der Waals surface area contributed by atoms with Crippen molar-refractivity contribution in [1.29, 1.82) is 0 Å². The SMILES string of the molecule is CCCCCCCCCCCCCC(O)C1CO1. The van der Waals surface area contributed by atoms with E-state index in [1.165, 1.54) is 64.2 Å². The van der Waals surface area contributed by atoms with E-state index in [4.69, 9.17) is 4.74 Å². The standard InChI is InChI=1S/C16H32O2/c1-2-3-4-5-6-7-8-9-10-11-12-13-15(17)16-14-18-16/h15-17H,2-14H2,1H3. The molecule has 0 amide bonds. The molecule has 0 saturated carbocycles. The number of hydrogen-bond donors (Lipinski definition) is 1. The summed E-state index contributed by atoms with van der Waals surface area (Å²) in [5, 5.41) is 9.61. The van der Waals surface area contributed by atoms with Crippen LogP contribution in [0.2, 0.25) is 0 Å². The van der Waals surface area contributed by atoms with Gasteiger partial charge in [-0.15, -0.1) is 0 Å². The van der Waals surface area contributed by atoms with Gasteiger partial charge in [0.25, 0.3) is 0 Å². The van der Waals surface area contributed by atoms with Crippen LogP contribution >= 0.6 is 0 Å². The first-order chi connectivity index (χ1) is 8.84. The fourth-order valence-electron chi connectivity index (χ4n) is 2.48. The Morgan fingerprint density at radius 2 is 1.33 bits per heavy atom. The van der Waals surface area contributed by atoms with E-state index in [1.807, 2.05) is 0 Å². The monoisotopic (exact) mass is 256 g/mol. The van der Waals surface area contributed by atoms with Crippen LogP contribution in [-0.4, -0.2) is 23.9 Å². The molecule has 1 fully saturated rings. The number of hydrogen-bond acceptors (Lipinski definition) is 2. The highest BCUT2D eigenvalue weighted by Crippen LogP contribution is 2.19. The van der Waals surface area contributed by atoms with Crippen molar-refractivity contribution in [1.82, 2.24) is 0 Å². The van der Waals surface area contributed by atoms with E-state index in [9.17, 15) is 5.11 Å². The van der Waals surface area contributed by atoms with Gasteiger partial charge in [0.1, 0.15) is 6.10 Å². The number of epoxide rings is 1. The first-order valence-electron chi connectivity index (χ1n) is 8.14. The number of rotatable bonds is 13. The summed E-state index contributed by atoms with van der Waals surface area (Å²) >= 11 is 0. The predicted molar refractivity (Wildman–Crippen MR) is 76.8 cm³/mol. The van der Waals surface area contributed by atoms with Crippen LogP contribution in [0, 0.1) is 0 Å². The molecule has 18 heavy (non-hydrogen) atoms. The lowest BCUT2D eigenvalue weighted by Gasteiger charge is -2.06. The molecule has 0 radical (unpaired) electrons. The lowest BCUT2D eigenvalue weighted by molar-refractivity contribution is 0.123. The molecule has 1 heterocycles. The van der Waals surface area contributed by atoms with Crippen LogP contribution in [0.1, 0.15) is 84.0 Å². The number of ether oxygens (including phenoxy) is 1. The minimum atomic E-state index is -0.191. The molecule has 0 spiro atoms. The highest BCUT2D eigenvalue weighted by atomic mass is 16.6. The van der Waals surface area contributed by atoms with Crippen LogP contribution in [0.3, 0.4) is 0 Å². The van der Waals surface area contributed by atoms with Crippen molar-refractivity contribution in [2.24, 2.45) is 0 Å². The lowest BCUT2D eigenvalue weighted by Crippen LogP contribution is -2.13. The first kappa shape index (κ1) is 16.0. The van der Waals surface area contributed by atoms with E-state index < -0.39 is 0 Å². The first-order valence-corrected chi connectivity index (χ1v) is 8.14. The van der Waals surface area contributed by atoms with Gasteiger partial charge in [0.2, 0.25) is 0 Å². The smallest absolute Gasteiger partial charge is 0.107 e. The summed E-state index contributed by atoms with van der Waals surface area (Å²) in [6, 6.07) is 0. The number of unbranched alkanes of at least 4 members (excludes halogenated alkanes) is 10. The zero-order valence-electron chi connectivity index (χ0n) is 12.2. The van der Waals surface area contributed by atoms with Crippen LogP contribution in [0.5, 0.6) is 0 Å². The molecule has 1 aliphatic rings. The Bertz CT molecular complexity index is 178. The van der Waals surface area contributed by atoms with Crippen molar-refractivity contribution in [2.75, 3.05) is 6.61 Å². The van der Waals surface area contributed by atoms with Gasteiger partial charge in [-0.1, -0.05) is 77.6 Å². The van der Waals surface area contributed by atoms with Gasteiger partial charge in [0, 0.05) is 0 Å². The average molecular weight is 256 g/mol. The average Bonchev–Trinajstić information content (AvgIpc) is 3.20. The summed E-state index contributed by atoms with van der Waals surface area (Å²) in [5.74, 6) is 0. The second kappa shape index (κ2) is 10.8. The van der Waals surface area contributed by atoms with Gasteiger partial charge in [-0.3, -0.25) is 0 Å². The van der Waals surface area contributed by atoms with E-state index in [1.54, 1.807) is 0 Å². The molecule has 2 atom stereocenters. The third-order valence-corrected chi connectivity index (χ3v) is 3.89. The van der Waals surface area contributed by atoms with Crippen LogP contribution < -0.4 is 0 Å². The molecule has 108 valence electrons. The summed E-state index contributed by atoms with van der Waals surface area (Å²) in [6.07, 6.45) is 15.9. The Labute approximate surface area is 113 Å². The maximum atomic E-state index is 9.61. The minimum Gasteiger partial charge on any atom is -0.390 e. The van der Waals surface area contributed by atoms with E-state index in [0.29, 0.717) is 0 Å². The van der Waals surface area contributed by atoms with Gasteiger partial charge in [0.15, 0.2) is 0 Å². The van der Waals surface area contributed by atoms with Crippen molar-refractivity contribution < 1.29 is 9.84 Å². The number of aliphatic hydroxyl groups excluding tert-OH is 1. The van der Waals surface area contributed by atoms with Crippen molar-refractivity contribution in [3.05, 3.63) is 0 Å². The zero-order chi connectivity index (χ0) is 13.1. The third-order valence-electron chi connectivity index (χ3n) is 3.89. The van der Waals surface area contributed by atoms with Gasteiger partial charge in [-0.05, 0) is 6.42 Å². The summed E-state index contributed by atoms with van der Waals surface area (Å²) in [4.78, 5) is 0. The molecular formula is C16H32O2. The second-order valence-electron chi connectivity index (χ2n) is 5.76. The van der Waals surface area contributed by atoms with Gasteiger partial charge in [0.05, 0.1) is 12.7 Å². The predicted octanol–water partition coefficient (Wildman–Crippen LogP) is 4.45. The molecule has 1 rings (SSSR count). The molecule has 0 aromatic rings. The van der Waals surface area contributed by atoms with Crippen molar-refractivity contribution >= 4 is 0 Å². The van der Waals surface area contributed by atoms with Gasteiger partial charge >= 0.3 is 0 Å². The van der Waals surface area contributed by atoms with Crippen LogP contribution in [-0.2, 0) is 4.74 Å². The van der Waals surface area contributed by atoms with Crippen LogP contribution in [0.15, 0.2) is 0 Å². The molecule has 2 unspecified atom stereocenters. The summed E-state index contributed by atoms with van der Waals surface area (Å²) < 4.78 is 5.07. The van der Waals surface area contributed by atoms with E-state index in [2.05, 4.69) is 6.92 Å². The Morgan fingerprint density at radius 3 is 1.78 bits per heavy atom. The van der Waals surface area contributed by atoms with Crippen molar-refractivity contribution in [3.8, 4) is 0 Å². The summed E-state index contributed by atoms with van der Waals surface area (Å²) in [7, 11) is 0. The largest absolute Gasteiger partial charge is 0.390 e. The van der Waals surface area contributed by atoms with E-state index >= 15 is 0 Å². The summed E-state index contributed by atoms with van der Waals surface area (Å²) in [6.45, 7) is 3.05. The van der Waals surface area contributed by atoms with Gasteiger partial charge in [-0.25, -0.2) is 0 Å². The molecule has 2 heteroatoms. The van der Waals surface area contributed by atoms with Crippen LogP contribution in [0.4, 0.5) is 0 Å². The second-order valence-corrected chi connectivity index (χ2v) is 5.76. The third kappa shape index (κ3) is 8.93. The van der Waals surface area contributed by atoms with Gasteiger partial charge < -0.3 is 9.84 Å². The highest BCUT2D eigenvalue weighted by molar-refractivity contribution is 4.77. The van der Waals surface area contributed by atoms with Crippen molar-refractivity contribution in [3.63, 3.8) is 0 Å². The minimum absolute atomic E-state index is 0.174. The molecule has 0 bridgehead atoms. The Kier molecular flexibility index (Phi) is 9.59. The molecule has 0 aromatic carbocycles. The fraction of sp³-hybridized carbons (Fsp3) is 1.00. The van der Waals surface area contributed by atoms with Gasteiger partial charge in [-0.2, -0.15) is 0 Å². The molecular weight excluding hydrogens is 224 g/mol. The van der Waals surface area contributed by atoms with E-state index in [-0.39, 0.29) is 12.2 Å². The normalized spacial score (nSPS) is 20.0. The molecule has 1 N–H and O–H groups in total. The van der Waals surface area contributed by atoms with E-state index in [0.717, 1.165) is 19.4 Å². The maximum absolute atomic E-state index is 9.61. The Hall–Kier alpha value is -0.0800. The summed E-state index contributed by atoms with van der Waals surface area (Å²) in [5.41, 5.74) is 0. The van der Waals surface area contributed by atoms with Crippen LogP contribution in [0.25, 0.3) is 0 Å². The number of aliphatic hydroxyl groups is 1. The molecule has 1 aliphatic heterocycles. The topological polar surface area (TPSA) is 32.8 Å². The molecule has 0 aliphatic carbocycles. The highest BCUT2D eigenvalue weighted by Gasteiger charge is 2.30. The lowest BCUT2D eigenvalue weighted by atomic mass is 10.0.